The first-order valence-corrected chi connectivity index (χ1v) is 10.2. The molecule has 0 unspecified atom stereocenters. The second-order valence-electron chi connectivity index (χ2n) is 7.61. The van der Waals surface area contributed by atoms with E-state index in [1.54, 1.807) is 23.3 Å². The first-order valence-electron chi connectivity index (χ1n) is 9.31. The zero-order valence-corrected chi connectivity index (χ0v) is 20.6. The molecule has 29 heavy (non-hydrogen) atoms. The number of carbonyl (C=O) groups is 1. The van der Waals surface area contributed by atoms with Gasteiger partial charge in [-0.2, -0.15) is 0 Å². The molecule has 6 nitrogen and oxygen atoms in total. The van der Waals surface area contributed by atoms with E-state index in [2.05, 4.69) is 21.8 Å². The number of nitrogens with one attached hydrogen (secondary N) is 1. The van der Waals surface area contributed by atoms with Crippen LogP contribution in [0.25, 0.3) is 0 Å². The van der Waals surface area contributed by atoms with Gasteiger partial charge in [0.05, 0.1) is 6.54 Å². The molecule has 0 aliphatic rings. The maximum absolute atomic E-state index is 12.0. The van der Waals surface area contributed by atoms with Gasteiger partial charge in [-0.25, -0.2) is 9.79 Å². The van der Waals surface area contributed by atoms with Crippen LogP contribution in [0.2, 0.25) is 0 Å². The minimum atomic E-state index is -0.495. The predicted octanol–water partition coefficient (Wildman–Crippen LogP) is 4.38. The molecule has 2 rings (SSSR count). The van der Waals surface area contributed by atoms with Crippen LogP contribution in [0.1, 0.15) is 36.8 Å². The third-order valence-corrected chi connectivity index (χ3v) is 4.77. The smallest absolute Gasteiger partial charge is 0.410 e. The van der Waals surface area contributed by atoms with E-state index >= 15 is 0 Å². The monoisotopic (exact) mass is 530 g/mol. The van der Waals surface area contributed by atoms with Gasteiger partial charge in [-0.05, 0) is 49.8 Å². The number of ether oxygens (including phenoxy) is 1. The van der Waals surface area contributed by atoms with Crippen molar-refractivity contribution in [3.8, 4) is 0 Å². The highest BCUT2D eigenvalue weighted by atomic mass is 127. The van der Waals surface area contributed by atoms with Crippen molar-refractivity contribution in [1.29, 1.82) is 0 Å². The molecular formula is C21H31IN4O2S. The third-order valence-electron chi connectivity index (χ3n) is 3.84. The number of hydrogen-bond donors (Lipinski definition) is 2. The number of nitrogens with two attached hydrogens (primary N) is 1. The van der Waals surface area contributed by atoms with Crippen molar-refractivity contribution in [2.24, 2.45) is 10.7 Å². The van der Waals surface area contributed by atoms with Gasteiger partial charge in [-0.1, -0.05) is 30.3 Å². The number of guanidine groups is 1. The highest BCUT2D eigenvalue weighted by molar-refractivity contribution is 14.0. The molecule has 2 aromatic rings. The minimum Gasteiger partial charge on any atom is -0.444 e. The lowest BCUT2D eigenvalue weighted by Crippen LogP contribution is -2.33. The van der Waals surface area contributed by atoms with Crippen LogP contribution in [0.4, 0.5) is 4.79 Å². The van der Waals surface area contributed by atoms with E-state index in [1.807, 2.05) is 51.1 Å². The van der Waals surface area contributed by atoms with Crippen molar-refractivity contribution in [2.75, 3.05) is 13.6 Å². The fourth-order valence-corrected chi connectivity index (χ4v) is 3.14. The number of thiophene rings is 1. The van der Waals surface area contributed by atoms with Crippen LogP contribution in [0.15, 0.2) is 46.8 Å². The first kappa shape index (κ1) is 25.2. The molecule has 0 radical (unpaired) electrons. The van der Waals surface area contributed by atoms with Gasteiger partial charge in [-0.15, -0.1) is 35.3 Å². The Balaban J connectivity index is 0.00000420. The number of carbonyl (C=O) groups excluding carboxylic acids is 1. The second-order valence-corrected chi connectivity index (χ2v) is 8.64. The Morgan fingerprint density at radius 2 is 1.86 bits per heavy atom. The van der Waals surface area contributed by atoms with Crippen LogP contribution in [0.3, 0.4) is 0 Å². The van der Waals surface area contributed by atoms with Gasteiger partial charge < -0.3 is 20.7 Å². The molecule has 1 amide bonds. The van der Waals surface area contributed by atoms with Crippen LogP contribution >= 0.6 is 35.3 Å². The summed E-state index contributed by atoms with van der Waals surface area (Å²) in [7, 11) is 1.73. The topological polar surface area (TPSA) is 80.0 Å². The largest absolute Gasteiger partial charge is 0.444 e. The zero-order chi connectivity index (χ0) is 20.6. The molecular weight excluding hydrogens is 499 g/mol. The molecule has 1 aromatic carbocycles. The molecule has 160 valence electrons. The Kier molecular flexibility index (Phi) is 10.5. The highest BCUT2D eigenvalue weighted by Crippen LogP contribution is 2.12. The number of aliphatic imine (C=N–C) groups is 1. The van der Waals surface area contributed by atoms with Crippen molar-refractivity contribution in [1.82, 2.24) is 10.2 Å². The number of halogens is 1. The van der Waals surface area contributed by atoms with Crippen LogP contribution < -0.4 is 11.1 Å². The molecule has 1 heterocycles. The third kappa shape index (κ3) is 9.98. The Bertz CT molecular complexity index is 771. The molecule has 0 saturated carbocycles. The lowest BCUT2D eigenvalue weighted by molar-refractivity contribution is 0.0285. The van der Waals surface area contributed by atoms with Gasteiger partial charge in [0.15, 0.2) is 5.96 Å². The quantitative estimate of drug-likeness (QED) is 0.317. The second kappa shape index (κ2) is 12.0. The van der Waals surface area contributed by atoms with Crippen molar-refractivity contribution >= 4 is 47.4 Å². The number of nitrogens with zero attached hydrogens (tertiary/aromatic N) is 2. The average Bonchev–Trinajstić information content (AvgIpc) is 3.13. The van der Waals surface area contributed by atoms with Gasteiger partial charge in [0.2, 0.25) is 0 Å². The van der Waals surface area contributed by atoms with Gasteiger partial charge in [-0.3, -0.25) is 0 Å². The van der Waals surface area contributed by atoms with Crippen molar-refractivity contribution < 1.29 is 9.53 Å². The molecule has 3 N–H and O–H groups in total. The Labute approximate surface area is 194 Å². The summed E-state index contributed by atoms with van der Waals surface area (Å²) in [4.78, 5) is 19.3. The Hall–Kier alpha value is -1.81. The zero-order valence-electron chi connectivity index (χ0n) is 17.5. The molecule has 0 saturated heterocycles. The van der Waals surface area contributed by atoms with E-state index in [-0.39, 0.29) is 30.1 Å². The minimum absolute atomic E-state index is 0. The van der Waals surface area contributed by atoms with Crippen molar-refractivity contribution in [2.45, 2.75) is 45.9 Å². The van der Waals surface area contributed by atoms with Gasteiger partial charge in [0.25, 0.3) is 0 Å². The van der Waals surface area contributed by atoms with E-state index in [4.69, 9.17) is 10.5 Å². The fourth-order valence-electron chi connectivity index (χ4n) is 2.43. The molecule has 0 spiro atoms. The van der Waals surface area contributed by atoms with E-state index in [1.165, 1.54) is 4.88 Å². The molecule has 8 heteroatoms. The molecule has 0 bridgehead atoms. The lowest BCUT2D eigenvalue weighted by Gasteiger charge is -2.24. The summed E-state index contributed by atoms with van der Waals surface area (Å²) < 4.78 is 5.37. The summed E-state index contributed by atoms with van der Waals surface area (Å²) in [5.41, 5.74) is 7.52. The summed E-state index contributed by atoms with van der Waals surface area (Å²) in [6, 6.07) is 12.1. The predicted molar refractivity (Wildman–Crippen MR) is 131 cm³/mol. The van der Waals surface area contributed by atoms with E-state index in [9.17, 15) is 4.79 Å². The highest BCUT2D eigenvalue weighted by Gasteiger charge is 2.19. The maximum atomic E-state index is 12.0. The SMILES string of the molecule is CN(Cc1ccc(CN=C(N)NCCc2cccs2)cc1)C(=O)OC(C)(C)C.I. The fraction of sp³-hybridized carbons (Fsp3) is 0.429. The Morgan fingerprint density at radius 1 is 1.21 bits per heavy atom. The molecule has 0 atom stereocenters. The lowest BCUT2D eigenvalue weighted by atomic mass is 10.1. The van der Waals surface area contributed by atoms with Crippen molar-refractivity contribution in [3.05, 3.63) is 57.8 Å². The van der Waals surface area contributed by atoms with Crippen LogP contribution in [0.5, 0.6) is 0 Å². The molecule has 0 aliphatic heterocycles. The summed E-state index contributed by atoms with van der Waals surface area (Å²) in [5.74, 6) is 0.449. The van der Waals surface area contributed by atoms with E-state index in [0.29, 0.717) is 19.0 Å². The summed E-state index contributed by atoms with van der Waals surface area (Å²) in [6.45, 7) is 7.35. The normalized spacial score (nSPS) is 11.5. The first-order chi connectivity index (χ1) is 13.2. The number of hydrogen-bond acceptors (Lipinski definition) is 4. The van der Waals surface area contributed by atoms with Crippen LogP contribution in [-0.4, -0.2) is 36.1 Å². The maximum Gasteiger partial charge on any atom is 0.410 e. The standard InChI is InChI=1S/C21H30N4O2S.HI/c1-21(2,3)27-20(26)25(4)15-17-9-7-16(8-10-17)14-24-19(22)23-12-11-18-6-5-13-28-18;/h5-10,13H,11-12,14-15H2,1-4H3,(H3,22,23,24);1H. The number of benzene rings is 1. The average molecular weight is 530 g/mol. The number of amides is 1. The van der Waals surface area contributed by atoms with Gasteiger partial charge in [0.1, 0.15) is 5.60 Å². The van der Waals surface area contributed by atoms with E-state index in [0.717, 1.165) is 24.1 Å². The summed E-state index contributed by atoms with van der Waals surface area (Å²) in [6.07, 6.45) is 0.607. The molecule has 0 fully saturated rings. The van der Waals surface area contributed by atoms with Gasteiger partial charge in [0, 0.05) is 25.0 Å². The van der Waals surface area contributed by atoms with Crippen molar-refractivity contribution in [3.63, 3.8) is 0 Å². The van der Waals surface area contributed by atoms with Crippen LogP contribution in [-0.2, 0) is 24.2 Å². The van der Waals surface area contributed by atoms with Gasteiger partial charge >= 0.3 is 6.09 Å². The van der Waals surface area contributed by atoms with Crippen LogP contribution in [0, 0.1) is 0 Å². The number of rotatable bonds is 7. The Morgan fingerprint density at radius 3 is 2.45 bits per heavy atom. The summed E-state index contributed by atoms with van der Waals surface area (Å²) >= 11 is 1.74. The summed E-state index contributed by atoms with van der Waals surface area (Å²) in [5, 5.41) is 5.21. The molecule has 1 aromatic heterocycles. The van der Waals surface area contributed by atoms with E-state index < -0.39 is 5.60 Å². The molecule has 0 aliphatic carbocycles.